The molecule has 12 heteroatoms. The van der Waals surface area contributed by atoms with Crippen molar-refractivity contribution in [2.24, 2.45) is 11.8 Å². The number of nitrogens with one attached hydrogen (secondary N) is 1. The summed E-state index contributed by atoms with van der Waals surface area (Å²) in [6, 6.07) is 4.94. The Morgan fingerprint density at radius 2 is 2.00 bits per heavy atom. The molecule has 31 heavy (non-hydrogen) atoms. The zero-order chi connectivity index (χ0) is 21.8. The van der Waals surface area contributed by atoms with Gasteiger partial charge in [-0.15, -0.1) is 5.10 Å². The largest absolute Gasteiger partial charge is 0.457 e. The highest BCUT2D eigenvalue weighted by Gasteiger charge is 2.44. The van der Waals surface area contributed by atoms with Crippen LogP contribution < -0.4 is 15.0 Å². The summed E-state index contributed by atoms with van der Waals surface area (Å²) >= 11 is 1.51. The van der Waals surface area contributed by atoms with Gasteiger partial charge in [0.1, 0.15) is 5.00 Å². The van der Waals surface area contributed by atoms with Crippen LogP contribution in [0.25, 0.3) is 5.65 Å². The molecule has 0 amide bonds. The molecule has 5 rings (SSSR count). The zero-order valence-corrected chi connectivity index (χ0v) is 17.3. The molecule has 0 aromatic carbocycles. The lowest BCUT2D eigenvalue weighted by molar-refractivity contribution is -0.236. The van der Waals surface area contributed by atoms with E-state index in [1.165, 1.54) is 39.4 Å². The van der Waals surface area contributed by atoms with E-state index >= 15 is 0 Å². The van der Waals surface area contributed by atoms with Gasteiger partial charge in [0.05, 0.1) is 5.69 Å². The summed E-state index contributed by atoms with van der Waals surface area (Å²) in [7, 11) is 0. The minimum absolute atomic E-state index is 0.0295. The summed E-state index contributed by atoms with van der Waals surface area (Å²) in [4.78, 5) is 6.65. The van der Waals surface area contributed by atoms with Crippen molar-refractivity contribution in [1.29, 1.82) is 0 Å². The molecule has 1 aliphatic heterocycles. The maximum absolute atomic E-state index is 13.4. The van der Waals surface area contributed by atoms with Crippen LogP contribution in [0.5, 0.6) is 5.75 Å². The van der Waals surface area contributed by atoms with Crippen LogP contribution in [-0.4, -0.2) is 50.6 Å². The molecule has 2 bridgehead atoms. The SMILES string of the molecule is Cc1cc(N2C[C@H]3CC[C@@H](C2)[C@@H]3Nc2nc3c(OC(F)C(F)(F)F)cccn3n2)sn1. The third-order valence-electron chi connectivity index (χ3n) is 5.87. The van der Waals surface area contributed by atoms with E-state index in [1.807, 2.05) is 6.92 Å². The third-order valence-corrected chi connectivity index (χ3v) is 6.81. The minimum atomic E-state index is -5.11. The number of aryl methyl sites for hydroxylation is 1. The Kier molecular flexibility index (Phi) is 4.91. The molecule has 4 atom stereocenters. The number of rotatable bonds is 5. The van der Waals surface area contributed by atoms with Crippen LogP contribution in [0.3, 0.4) is 0 Å². The molecule has 3 aromatic rings. The lowest BCUT2D eigenvalue weighted by atomic mass is 9.92. The molecule has 7 nitrogen and oxygen atoms in total. The fraction of sp³-hybridized carbons (Fsp3) is 0.526. The van der Waals surface area contributed by atoms with Crippen molar-refractivity contribution in [3.05, 3.63) is 30.1 Å². The van der Waals surface area contributed by atoms with Crippen molar-refractivity contribution >= 4 is 28.1 Å². The number of hydrogen-bond donors (Lipinski definition) is 1. The van der Waals surface area contributed by atoms with Crippen LogP contribution in [0.2, 0.25) is 0 Å². The second kappa shape index (κ2) is 7.50. The first-order valence-electron chi connectivity index (χ1n) is 9.95. The first-order chi connectivity index (χ1) is 14.8. The highest BCUT2D eigenvalue weighted by atomic mass is 32.1. The summed E-state index contributed by atoms with van der Waals surface area (Å²) in [6.45, 7) is 3.77. The Balaban J connectivity index is 1.33. The van der Waals surface area contributed by atoms with Gasteiger partial charge in [-0.2, -0.15) is 26.9 Å². The van der Waals surface area contributed by atoms with Crippen LogP contribution in [0, 0.1) is 18.8 Å². The predicted molar refractivity (Wildman–Crippen MR) is 107 cm³/mol. The Hall–Kier alpha value is -2.63. The van der Waals surface area contributed by atoms with E-state index in [-0.39, 0.29) is 17.4 Å². The van der Waals surface area contributed by atoms with E-state index in [0.29, 0.717) is 17.8 Å². The first kappa shape index (κ1) is 20.3. The fourth-order valence-corrected chi connectivity index (χ4v) is 5.28. The van der Waals surface area contributed by atoms with Crippen molar-refractivity contribution < 1.29 is 22.3 Å². The molecule has 0 radical (unpaired) electrons. The van der Waals surface area contributed by atoms with Crippen molar-refractivity contribution in [2.75, 3.05) is 23.3 Å². The van der Waals surface area contributed by atoms with Gasteiger partial charge in [-0.3, -0.25) is 0 Å². The van der Waals surface area contributed by atoms with Crippen LogP contribution in [0.4, 0.5) is 28.5 Å². The Bertz CT molecular complexity index is 1070. The number of pyridine rings is 1. The molecule has 1 saturated carbocycles. The molecule has 1 unspecified atom stereocenters. The Morgan fingerprint density at radius 3 is 2.65 bits per heavy atom. The molecule has 1 saturated heterocycles. The number of anilines is 2. The molecular weight excluding hydrogens is 436 g/mol. The molecular formula is C19H20F4N6OS. The van der Waals surface area contributed by atoms with Crippen LogP contribution >= 0.6 is 11.5 Å². The predicted octanol–water partition coefficient (Wildman–Crippen LogP) is 4.06. The summed E-state index contributed by atoms with van der Waals surface area (Å²) in [5.74, 6) is 0.765. The van der Waals surface area contributed by atoms with E-state index in [9.17, 15) is 17.6 Å². The number of piperidine rings is 1. The van der Waals surface area contributed by atoms with E-state index in [2.05, 4.69) is 35.5 Å². The van der Waals surface area contributed by atoms with Gasteiger partial charge in [0.2, 0.25) is 5.95 Å². The monoisotopic (exact) mass is 456 g/mol. The summed E-state index contributed by atoms with van der Waals surface area (Å²) in [5, 5.41) is 8.84. The molecule has 4 heterocycles. The molecule has 2 fully saturated rings. The zero-order valence-electron chi connectivity index (χ0n) is 16.5. The summed E-state index contributed by atoms with van der Waals surface area (Å²) < 4.78 is 61.1. The van der Waals surface area contributed by atoms with E-state index in [0.717, 1.165) is 31.6 Å². The topological polar surface area (TPSA) is 67.6 Å². The second-order valence-corrected chi connectivity index (χ2v) is 8.81. The van der Waals surface area contributed by atoms with Gasteiger partial charge in [0.15, 0.2) is 11.4 Å². The van der Waals surface area contributed by atoms with Crippen molar-refractivity contribution in [3.8, 4) is 5.75 Å². The average Bonchev–Trinajstić information content (AvgIpc) is 3.38. The minimum Gasteiger partial charge on any atom is -0.448 e. The standard InChI is InChI=1S/C19H20F4N6OS/c1-10-7-14(31-27-10)28-8-11-4-5-12(9-28)15(11)24-18-25-16-13(3-2-6-29(16)26-18)30-17(20)19(21,22)23/h2-3,6-7,11-12,15,17H,4-5,8-9H2,1H3,(H,24,26)/t11-,12+,15-,17?. The highest BCUT2D eigenvalue weighted by Crippen LogP contribution is 2.41. The van der Waals surface area contributed by atoms with Gasteiger partial charge in [-0.1, -0.05) is 0 Å². The molecule has 0 spiro atoms. The average molecular weight is 456 g/mol. The van der Waals surface area contributed by atoms with Gasteiger partial charge in [0.25, 0.3) is 0 Å². The normalized spacial score (nSPS) is 24.5. The van der Waals surface area contributed by atoms with Gasteiger partial charge in [-0.25, -0.2) is 4.52 Å². The molecule has 1 aliphatic carbocycles. The Labute approximate surface area is 179 Å². The van der Waals surface area contributed by atoms with Crippen LogP contribution in [0.15, 0.2) is 24.4 Å². The van der Waals surface area contributed by atoms with Gasteiger partial charge >= 0.3 is 12.5 Å². The maximum Gasteiger partial charge on any atom is 0.457 e. The number of nitrogens with zero attached hydrogens (tertiary/aromatic N) is 5. The fourth-order valence-electron chi connectivity index (χ4n) is 4.50. The molecule has 2 aliphatic rings. The summed E-state index contributed by atoms with van der Waals surface area (Å²) in [5.41, 5.74) is 1.04. The lowest BCUT2D eigenvalue weighted by Crippen LogP contribution is -2.48. The van der Waals surface area contributed by atoms with Crippen LogP contribution in [-0.2, 0) is 0 Å². The van der Waals surface area contributed by atoms with Crippen molar-refractivity contribution in [3.63, 3.8) is 0 Å². The van der Waals surface area contributed by atoms with E-state index < -0.39 is 12.5 Å². The smallest absolute Gasteiger partial charge is 0.448 e. The van der Waals surface area contributed by atoms with Gasteiger partial charge in [0, 0.05) is 25.3 Å². The molecule has 3 aromatic heterocycles. The second-order valence-electron chi connectivity index (χ2n) is 8.03. The number of hydrogen-bond acceptors (Lipinski definition) is 7. The van der Waals surface area contributed by atoms with Crippen molar-refractivity contribution in [2.45, 2.75) is 38.3 Å². The Morgan fingerprint density at radius 1 is 1.26 bits per heavy atom. The lowest BCUT2D eigenvalue weighted by Gasteiger charge is -2.38. The third kappa shape index (κ3) is 3.88. The summed E-state index contributed by atoms with van der Waals surface area (Å²) in [6.07, 6.45) is -4.86. The number of alkyl halides is 4. The van der Waals surface area contributed by atoms with Gasteiger partial charge in [-0.05, 0) is 61.3 Å². The number of halogens is 4. The van der Waals surface area contributed by atoms with E-state index in [4.69, 9.17) is 0 Å². The number of aromatic nitrogens is 4. The number of ether oxygens (including phenoxy) is 1. The van der Waals surface area contributed by atoms with E-state index in [1.54, 1.807) is 0 Å². The number of fused-ring (bicyclic) bond motifs is 3. The first-order valence-corrected chi connectivity index (χ1v) is 10.7. The molecule has 166 valence electrons. The highest BCUT2D eigenvalue weighted by molar-refractivity contribution is 7.10. The van der Waals surface area contributed by atoms with Crippen molar-refractivity contribution in [1.82, 2.24) is 19.0 Å². The maximum atomic E-state index is 13.4. The van der Waals surface area contributed by atoms with Gasteiger partial charge < -0.3 is 15.0 Å². The quantitative estimate of drug-likeness (QED) is 0.584. The molecule has 1 N–H and O–H groups in total. The van der Waals surface area contributed by atoms with Crippen LogP contribution in [0.1, 0.15) is 18.5 Å².